The van der Waals surface area contributed by atoms with Gasteiger partial charge in [-0.2, -0.15) is 5.26 Å². The number of benzene rings is 1. The first kappa shape index (κ1) is 21.6. The maximum atomic E-state index is 13.9. The van der Waals surface area contributed by atoms with Crippen molar-refractivity contribution >= 4 is 17.1 Å². The Morgan fingerprint density at radius 3 is 3.00 bits per heavy atom. The highest BCUT2D eigenvalue weighted by atomic mass is 19.1. The van der Waals surface area contributed by atoms with E-state index in [0.717, 1.165) is 31.2 Å². The van der Waals surface area contributed by atoms with E-state index in [4.69, 9.17) is 14.7 Å². The molecule has 1 saturated carbocycles. The molecular formula is C23H29FN4O3. The highest BCUT2D eigenvalue weighted by Gasteiger charge is 2.48. The Kier molecular flexibility index (Phi) is 5.65. The summed E-state index contributed by atoms with van der Waals surface area (Å²) in [6, 6.07) is 4.77. The van der Waals surface area contributed by atoms with Crippen molar-refractivity contribution in [3.63, 3.8) is 0 Å². The normalized spacial score (nSPS) is 24.0. The van der Waals surface area contributed by atoms with Gasteiger partial charge in [-0.25, -0.2) is 14.2 Å². The second kappa shape index (κ2) is 8.12. The first-order valence-electron chi connectivity index (χ1n) is 10.8. The molecule has 2 unspecified atom stereocenters. The van der Waals surface area contributed by atoms with E-state index in [9.17, 15) is 9.18 Å². The van der Waals surface area contributed by atoms with Crippen LogP contribution in [0.5, 0.6) is 0 Å². The van der Waals surface area contributed by atoms with Crippen LogP contribution >= 0.6 is 0 Å². The molecule has 2 fully saturated rings. The van der Waals surface area contributed by atoms with Gasteiger partial charge >= 0.3 is 6.09 Å². The van der Waals surface area contributed by atoms with Gasteiger partial charge in [-0.3, -0.25) is 0 Å². The average Bonchev–Trinajstić information content (AvgIpc) is 3.20. The molecule has 166 valence electrons. The predicted molar refractivity (Wildman–Crippen MR) is 113 cm³/mol. The van der Waals surface area contributed by atoms with Crippen molar-refractivity contribution in [1.82, 2.24) is 14.5 Å². The Labute approximate surface area is 181 Å². The highest BCUT2D eigenvalue weighted by Crippen LogP contribution is 2.41. The zero-order valence-electron chi connectivity index (χ0n) is 18.4. The number of nitriles is 1. The van der Waals surface area contributed by atoms with Gasteiger partial charge in [0.2, 0.25) is 0 Å². The van der Waals surface area contributed by atoms with Crippen LogP contribution in [0, 0.1) is 28.5 Å². The highest BCUT2D eigenvalue weighted by molar-refractivity contribution is 5.77. The fourth-order valence-electron chi connectivity index (χ4n) is 5.19. The molecule has 4 rings (SSSR count). The summed E-state index contributed by atoms with van der Waals surface area (Å²) < 4.78 is 27.1. The average molecular weight is 429 g/mol. The number of halogens is 1. The summed E-state index contributed by atoms with van der Waals surface area (Å²) in [6.07, 6.45) is 5.12. The second-order valence-corrected chi connectivity index (χ2v) is 9.80. The molecule has 2 aromatic rings. The van der Waals surface area contributed by atoms with Gasteiger partial charge in [0.1, 0.15) is 17.5 Å². The van der Waals surface area contributed by atoms with Crippen molar-refractivity contribution in [2.24, 2.45) is 11.3 Å². The third kappa shape index (κ3) is 4.38. The summed E-state index contributed by atoms with van der Waals surface area (Å²) in [6.45, 7) is 6.64. The summed E-state index contributed by atoms with van der Waals surface area (Å²) in [7, 11) is 1.67. The fourth-order valence-corrected chi connectivity index (χ4v) is 5.19. The van der Waals surface area contributed by atoms with Crippen LogP contribution in [0.4, 0.5) is 9.18 Å². The molecule has 7 nitrogen and oxygen atoms in total. The number of aromatic nitrogens is 2. The monoisotopic (exact) mass is 428 g/mol. The molecule has 1 aromatic heterocycles. The summed E-state index contributed by atoms with van der Waals surface area (Å²) in [5.41, 5.74) is 0.721. The van der Waals surface area contributed by atoms with Crippen molar-refractivity contribution in [3.05, 3.63) is 29.8 Å². The molecule has 1 aliphatic carbocycles. The van der Waals surface area contributed by atoms with Gasteiger partial charge in [0, 0.05) is 31.7 Å². The Balaban J connectivity index is 1.48. The molecule has 1 aromatic carbocycles. The van der Waals surface area contributed by atoms with Gasteiger partial charge in [-0.15, -0.1) is 0 Å². The third-order valence-electron chi connectivity index (χ3n) is 6.39. The smallest absolute Gasteiger partial charge is 0.410 e. The van der Waals surface area contributed by atoms with Crippen molar-refractivity contribution < 1.29 is 18.7 Å². The first-order valence-corrected chi connectivity index (χ1v) is 10.8. The Morgan fingerprint density at radius 2 is 2.26 bits per heavy atom. The lowest BCUT2D eigenvalue weighted by atomic mass is 9.77. The molecule has 0 bridgehead atoms. The SMILES string of the molecule is COCC(C)(C)CN1CC2(CCCC(Cn3cnc4cc(F)c(C#N)cc43)C2)OC1=O. The molecule has 1 aliphatic heterocycles. The third-order valence-corrected chi connectivity index (χ3v) is 6.39. The molecule has 2 atom stereocenters. The van der Waals surface area contributed by atoms with Crippen LogP contribution in [0.2, 0.25) is 0 Å². The summed E-state index contributed by atoms with van der Waals surface area (Å²) in [4.78, 5) is 18.7. The van der Waals surface area contributed by atoms with Crippen LogP contribution in [0.1, 0.15) is 45.1 Å². The minimum atomic E-state index is -0.550. The van der Waals surface area contributed by atoms with E-state index in [1.165, 1.54) is 6.07 Å². The van der Waals surface area contributed by atoms with Crippen LogP contribution in [0.25, 0.3) is 11.0 Å². The molecule has 0 radical (unpaired) electrons. The lowest BCUT2D eigenvalue weighted by Gasteiger charge is -2.36. The number of hydrogen-bond acceptors (Lipinski definition) is 5. The minimum Gasteiger partial charge on any atom is -0.441 e. The molecule has 1 saturated heterocycles. The largest absolute Gasteiger partial charge is 0.441 e. The number of fused-ring (bicyclic) bond motifs is 1. The van der Waals surface area contributed by atoms with E-state index >= 15 is 0 Å². The van der Waals surface area contributed by atoms with Crippen LogP contribution in [0.3, 0.4) is 0 Å². The zero-order chi connectivity index (χ0) is 22.2. The molecule has 2 aliphatic rings. The van der Waals surface area contributed by atoms with Gasteiger partial charge in [0.15, 0.2) is 0 Å². The van der Waals surface area contributed by atoms with Crippen molar-refractivity contribution in [2.75, 3.05) is 26.8 Å². The molecule has 31 heavy (non-hydrogen) atoms. The topological polar surface area (TPSA) is 80.4 Å². The van der Waals surface area contributed by atoms with Crippen LogP contribution in [-0.4, -0.2) is 53.0 Å². The van der Waals surface area contributed by atoms with Crippen LogP contribution in [0.15, 0.2) is 18.5 Å². The predicted octanol–water partition coefficient (Wildman–Crippen LogP) is 4.10. The number of methoxy groups -OCH3 is 1. The van der Waals surface area contributed by atoms with Gasteiger partial charge in [-0.05, 0) is 37.7 Å². The number of ether oxygens (including phenoxy) is 2. The lowest BCUT2D eigenvalue weighted by molar-refractivity contribution is 0.00404. The molecule has 1 amide bonds. The van der Waals surface area contributed by atoms with Crippen LogP contribution < -0.4 is 0 Å². The number of nitrogens with zero attached hydrogens (tertiary/aromatic N) is 4. The molecule has 2 heterocycles. The van der Waals surface area contributed by atoms with E-state index in [2.05, 4.69) is 18.8 Å². The number of carbonyl (C=O) groups is 1. The molecular weight excluding hydrogens is 399 g/mol. The zero-order valence-corrected chi connectivity index (χ0v) is 18.4. The van der Waals surface area contributed by atoms with Gasteiger partial charge in [0.05, 0.1) is 36.1 Å². The van der Waals surface area contributed by atoms with Gasteiger partial charge in [0.25, 0.3) is 0 Å². The number of rotatable bonds is 6. The van der Waals surface area contributed by atoms with Crippen molar-refractivity contribution in [2.45, 2.75) is 51.7 Å². The Bertz CT molecular complexity index is 1030. The maximum absolute atomic E-state index is 13.9. The fraction of sp³-hybridized carbons (Fsp3) is 0.609. The number of carbonyl (C=O) groups excluding carboxylic acids is 1. The molecule has 8 heteroatoms. The van der Waals surface area contributed by atoms with E-state index < -0.39 is 11.4 Å². The maximum Gasteiger partial charge on any atom is 0.410 e. The van der Waals surface area contributed by atoms with E-state index in [1.54, 1.807) is 19.5 Å². The number of amides is 1. The van der Waals surface area contributed by atoms with Crippen LogP contribution in [-0.2, 0) is 16.0 Å². The Morgan fingerprint density at radius 1 is 1.45 bits per heavy atom. The molecule has 1 spiro atoms. The lowest BCUT2D eigenvalue weighted by Crippen LogP contribution is -2.42. The summed E-state index contributed by atoms with van der Waals surface area (Å²) in [5.74, 6) is -0.243. The van der Waals surface area contributed by atoms with E-state index in [-0.39, 0.29) is 17.1 Å². The number of imidazole rings is 1. The quantitative estimate of drug-likeness (QED) is 0.692. The molecule has 0 N–H and O–H groups in total. The standard InChI is InChI=1S/C23H29FN4O3/c1-22(2,14-30-3)12-28-13-23(31-21(28)29)6-4-5-16(9-23)11-27-15-26-19-8-18(24)17(10-25)7-20(19)27/h7-8,15-16H,4-6,9,11-14H2,1-3H3. The minimum absolute atomic E-state index is 0.0217. The van der Waals surface area contributed by atoms with E-state index in [0.29, 0.717) is 37.7 Å². The Hall–Kier alpha value is -2.66. The van der Waals surface area contributed by atoms with Crippen molar-refractivity contribution in [1.29, 1.82) is 5.26 Å². The number of hydrogen-bond donors (Lipinski definition) is 0. The van der Waals surface area contributed by atoms with Gasteiger partial charge < -0.3 is 18.9 Å². The first-order chi connectivity index (χ1) is 14.7. The summed E-state index contributed by atoms with van der Waals surface area (Å²) in [5, 5.41) is 9.15. The second-order valence-electron chi connectivity index (χ2n) is 9.80. The van der Waals surface area contributed by atoms with Crippen molar-refractivity contribution in [3.8, 4) is 6.07 Å². The summed E-state index contributed by atoms with van der Waals surface area (Å²) >= 11 is 0. The van der Waals surface area contributed by atoms with E-state index in [1.807, 2.05) is 15.5 Å². The van der Waals surface area contributed by atoms with Gasteiger partial charge in [-0.1, -0.05) is 13.8 Å².